The standard InChI is InChI=1S/C10H18N2O2/c1-7(2)6-12-8(13)5-11-9(14)10(12,3)4/h7H,5-6H2,1-4H3,(H,11,14). The Morgan fingerprint density at radius 3 is 2.50 bits per heavy atom. The highest BCUT2D eigenvalue weighted by atomic mass is 16.2. The van der Waals surface area contributed by atoms with Crippen LogP contribution in [0.15, 0.2) is 0 Å². The van der Waals surface area contributed by atoms with E-state index >= 15 is 0 Å². The van der Waals surface area contributed by atoms with Gasteiger partial charge in [-0.1, -0.05) is 13.8 Å². The first-order valence-electron chi connectivity index (χ1n) is 4.94. The van der Waals surface area contributed by atoms with Crippen LogP contribution in [0.5, 0.6) is 0 Å². The van der Waals surface area contributed by atoms with Gasteiger partial charge in [-0.05, 0) is 19.8 Å². The van der Waals surface area contributed by atoms with Gasteiger partial charge in [0, 0.05) is 6.54 Å². The van der Waals surface area contributed by atoms with Gasteiger partial charge in [-0.3, -0.25) is 9.59 Å². The van der Waals surface area contributed by atoms with Crippen molar-refractivity contribution in [3.63, 3.8) is 0 Å². The maximum atomic E-state index is 11.6. The van der Waals surface area contributed by atoms with Crippen LogP contribution >= 0.6 is 0 Å². The van der Waals surface area contributed by atoms with Crippen molar-refractivity contribution in [2.75, 3.05) is 13.1 Å². The second-order valence-electron chi connectivity index (χ2n) is 4.64. The lowest BCUT2D eigenvalue weighted by molar-refractivity contribution is -0.152. The summed E-state index contributed by atoms with van der Waals surface area (Å²) in [7, 11) is 0. The quantitative estimate of drug-likeness (QED) is 0.697. The molecule has 1 N–H and O–H groups in total. The summed E-state index contributed by atoms with van der Waals surface area (Å²) in [5.74, 6) is 0.310. The predicted octanol–water partition coefficient (Wildman–Crippen LogP) is 0.379. The third-order valence-corrected chi connectivity index (χ3v) is 2.48. The second kappa shape index (κ2) is 3.59. The molecule has 0 spiro atoms. The number of rotatable bonds is 2. The van der Waals surface area contributed by atoms with Gasteiger partial charge in [-0.15, -0.1) is 0 Å². The van der Waals surface area contributed by atoms with Crippen molar-refractivity contribution < 1.29 is 9.59 Å². The van der Waals surface area contributed by atoms with Crippen LogP contribution in [0.1, 0.15) is 27.7 Å². The van der Waals surface area contributed by atoms with Gasteiger partial charge in [-0.25, -0.2) is 0 Å². The molecule has 0 radical (unpaired) electrons. The van der Waals surface area contributed by atoms with Gasteiger partial charge in [0.1, 0.15) is 5.54 Å². The number of carbonyl (C=O) groups excluding carboxylic acids is 2. The van der Waals surface area contributed by atoms with Crippen LogP contribution in [-0.4, -0.2) is 35.3 Å². The summed E-state index contributed by atoms with van der Waals surface area (Å²) in [6, 6.07) is 0. The van der Waals surface area contributed by atoms with E-state index in [1.807, 2.05) is 13.8 Å². The van der Waals surface area contributed by atoms with Crippen molar-refractivity contribution in [2.45, 2.75) is 33.2 Å². The Labute approximate surface area is 84.7 Å². The smallest absolute Gasteiger partial charge is 0.245 e. The van der Waals surface area contributed by atoms with E-state index < -0.39 is 5.54 Å². The highest BCUT2D eigenvalue weighted by molar-refractivity contribution is 5.97. The van der Waals surface area contributed by atoms with Crippen molar-refractivity contribution in [1.29, 1.82) is 0 Å². The lowest BCUT2D eigenvalue weighted by Gasteiger charge is -2.41. The molecule has 1 fully saturated rings. The zero-order valence-electron chi connectivity index (χ0n) is 9.26. The van der Waals surface area contributed by atoms with Crippen LogP contribution in [0.3, 0.4) is 0 Å². The molecule has 14 heavy (non-hydrogen) atoms. The molecule has 1 rings (SSSR count). The zero-order valence-corrected chi connectivity index (χ0v) is 9.26. The van der Waals surface area contributed by atoms with Crippen molar-refractivity contribution >= 4 is 11.8 Å². The Morgan fingerprint density at radius 2 is 2.00 bits per heavy atom. The molecule has 1 heterocycles. The fourth-order valence-electron chi connectivity index (χ4n) is 1.60. The van der Waals surface area contributed by atoms with Gasteiger partial charge in [-0.2, -0.15) is 0 Å². The van der Waals surface area contributed by atoms with E-state index in [4.69, 9.17) is 0 Å². The first-order chi connectivity index (χ1) is 6.35. The third kappa shape index (κ3) is 1.89. The van der Waals surface area contributed by atoms with Gasteiger partial charge in [0.25, 0.3) is 0 Å². The van der Waals surface area contributed by atoms with Crippen molar-refractivity contribution in [2.24, 2.45) is 5.92 Å². The number of hydrogen-bond acceptors (Lipinski definition) is 2. The minimum absolute atomic E-state index is 0.00306. The largest absolute Gasteiger partial charge is 0.345 e. The van der Waals surface area contributed by atoms with Crippen LogP contribution in [0, 0.1) is 5.92 Å². The second-order valence-corrected chi connectivity index (χ2v) is 4.64. The molecule has 0 aromatic carbocycles. The van der Waals surface area contributed by atoms with E-state index in [1.54, 1.807) is 18.7 Å². The minimum atomic E-state index is -0.709. The monoisotopic (exact) mass is 198 g/mol. The van der Waals surface area contributed by atoms with E-state index in [0.29, 0.717) is 12.5 Å². The fourth-order valence-corrected chi connectivity index (χ4v) is 1.60. The number of piperazine rings is 1. The highest BCUT2D eigenvalue weighted by Gasteiger charge is 2.41. The van der Waals surface area contributed by atoms with Crippen LogP contribution in [0.25, 0.3) is 0 Å². The van der Waals surface area contributed by atoms with Gasteiger partial charge in [0.15, 0.2) is 0 Å². The van der Waals surface area contributed by atoms with E-state index in [1.165, 1.54) is 0 Å². The molecule has 0 bridgehead atoms. The van der Waals surface area contributed by atoms with E-state index in [2.05, 4.69) is 5.32 Å². The average Bonchev–Trinajstić information content (AvgIpc) is 2.06. The number of hydrogen-bond donors (Lipinski definition) is 1. The zero-order chi connectivity index (χ0) is 10.9. The predicted molar refractivity (Wildman–Crippen MR) is 53.6 cm³/mol. The van der Waals surface area contributed by atoms with E-state index in [0.717, 1.165) is 0 Å². The molecule has 0 aliphatic carbocycles. The molecule has 0 aromatic heterocycles. The van der Waals surface area contributed by atoms with Crippen molar-refractivity contribution in [3.8, 4) is 0 Å². The molecule has 80 valence electrons. The van der Waals surface area contributed by atoms with Crippen molar-refractivity contribution in [3.05, 3.63) is 0 Å². The molecule has 4 nitrogen and oxygen atoms in total. The van der Waals surface area contributed by atoms with Crippen LogP contribution in [0.2, 0.25) is 0 Å². The number of carbonyl (C=O) groups is 2. The maximum Gasteiger partial charge on any atom is 0.245 e. The SMILES string of the molecule is CC(C)CN1C(=O)CNC(=O)C1(C)C. The molecule has 1 saturated heterocycles. The maximum absolute atomic E-state index is 11.6. The molecular weight excluding hydrogens is 180 g/mol. The molecule has 2 amide bonds. The van der Waals surface area contributed by atoms with Crippen LogP contribution in [-0.2, 0) is 9.59 Å². The van der Waals surface area contributed by atoms with Crippen molar-refractivity contribution in [1.82, 2.24) is 10.2 Å². The van der Waals surface area contributed by atoms with Gasteiger partial charge < -0.3 is 10.2 Å². The van der Waals surface area contributed by atoms with Gasteiger partial charge >= 0.3 is 0 Å². The van der Waals surface area contributed by atoms with Gasteiger partial charge in [0.05, 0.1) is 6.54 Å². The molecule has 0 aromatic rings. The fraction of sp³-hybridized carbons (Fsp3) is 0.800. The van der Waals surface area contributed by atoms with Gasteiger partial charge in [0.2, 0.25) is 11.8 Å². The van der Waals surface area contributed by atoms with Crippen LogP contribution < -0.4 is 5.32 Å². The summed E-state index contributed by atoms with van der Waals surface area (Å²) < 4.78 is 0. The molecule has 0 saturated carbocycles. The first kappa shape index (κ1) is 11.0. The Hall–Kier alpha value is -1.06. The summed E-state index contributed by atoms with van der Waals surface area (Å²) >= 11 is 0. The normalized spacial score (nSPS) is 21.4. The lowest BCUT2D eigenvalue weighted by Crippen LogP contribution is -2.64. The minimum Gasteiger partial charge on any atom is -0.345 e. The molecule has 4 heteroatoms. The summed E-state index contributed by atoms with van der Waals surface area (Å²) in [4.78, 5) is 24.8. The van der Waals surface area contributed by atoms with Crippen LogP contribution in [0.4, 0.5) is 0 Å². The summed E-state index contributed by atoms with van der Waals surface area (Å²) in [5, 5.41) is 2.60. The molecule has 0 unspecified atom stereocenters. The Morgan fingerprint density at radius 1 is 1.43 bits per heavy atom. The summed E-state index contributed by atoms with van der Waals surface area (Å²) in [6.45, 7) is 8.41. The summed E-state index contributed by atoms with van der Waals surface area (Å²) in [5.41, 5.74) is -0.709. The topological polar surface area (TPSA) is 49.4 Å². The number of nitrogens with zero attached hydrogens (tertiary/aromatic N) is 1. The lowest BCUT2D eigenvalue weighted by atomic mass is 9.97. The van der Waals surface area contributed by atoms with E-state index in [9.17, 15) is 9.59 Å². The number of amides is 2. The van der Waals surface area contributed by atoms with E-state index in [-0.39, 0.29) is 18.4 Å². The number of nitrogens with one attached hydrogen (secondary N) is 1. The molecule has 1 aliphatic heterocycles. The first-order valence-corrected chi connectivity index (χ1v) is 4.94. The Kier molecular flexibility index (Phi) is 2.83. The molecular formula is C10H18N2O2. The Balaban J connectivity index is 2.85. The Bertz CT molecular complexity index is 259. The average molecular weight is 198 g/mol. The summed E-state index contributed by atoms with van der Waals surface area (Å²) in [6.07, 6.45) is 0. The third-order valence-electron chi connectivity index (χ3n) is 2.48. The molecule has 0 atom stereocenters. The molecule has 1 aliphatic rings. The highest BCUT2D eigenvalue weighted by Crippen LogP contribution is 2.19.